The highest BCUT2D eigenvalue weighted by molar-refractivity contribution is 7.24. The zero-order valence-electron chi connectivity index (χ0n) is 11.7. The maximum Gasteiger partial charge on any atom is 0.407 e. The van der Waals surface area contributed by atoms with Crippen molar-refractivity contribution in [1.82, 2.24) is 10.2 Å². The van der Waals surface area contributed by atoms with Crippen LogP contribution >= 0.6 is 8.46 Å². The molecular formula is C14H17N2O4P. The molecule has 7 heteroatoms. The molecule has 2 atom stereocenters. The molecule has 1 aliphatic heterocycles. The zero-order valence-corrected chi connectivity index (χ0v) is 12.6. The summed E-state index contributed by atoms with van der Waals surface area (Å²) in [4.78, 5) is 25.7. The first-order chi connectivity index (χ1) is 10.2. The Labute approximate surface area is 124 Å². The first-order valence-corrected chi connectivity index (χ1v) is 7.58. The fourth-order valence-corrected chi connectivity index (χ4v) is 3.02. The standard InChI is InChI=1S/C14H17N2O4P/c1-20-14(18)15-12(10-6-3-2-4-7-10)13(17)16-9-5-8-11(16)21-19/h2-4,6-7,11-12H,5,8-9H2,1H3,(H,15,18). The molecule has 1 N–H and O–H groups in total. The molecule has 1 aromatic carbocycles. The van der Waals surface area contributed by atoms with Crippen LogP contribution in [0.25, 0.3) is 0 Å². The molecule has 0 aromatic heterocycles. The van der Waals surface area contributed by atoms with Crippen LogP contribution in [0.2, 0.25) is 0 Å². The Morgan fingerprint density at radius 3 is 2.71 bits per heavy atom. The lowest BCUT2D eigenvalue weighted by Crippen LogP contribution is -2.43. The third-order valence-corrected chi connectivity index (χ3v) is 4.23. The van der Waals surface area contributed by atoms with E-state index in [9.17, 15) is 14.2 Å². The molecule has 112 valence electrons. The van der Waals surface area contributed by atoms with Crippen molar-refractivity contribution < 1.29 is 18.9 Å². The van der Waals surface area contributed by atoms with Crippen molar-refractivity contribution in [2.45, 2.75) is 24.7 Å². The van der Waals surface area contributed by atoms with E-state index in [4.69, 9.17) is 0 Å². The molecule has 1 aliphatic rings. The molecule has 1 fully saturated rings. The van der Waals surface area contributed by atoms with Gasteiger partial charge in [-0.2, -0.15) is 0 Å². The Morgan fingerprint density at radius 1 is 1.38 bits per heavy atom. The van der Waals surface area contributed by atoms with E-state index in [-0.39, 0.29) is 20.2 Å². The maximum absolute atomic E-state index is 12.7. The van der Waals surface area contributed by atoms with E-state index in [2.05, 4.69) is 10.1 Å². The van der Waals surface area contributed by atoms with Crippen molar-refractivity contribution in [3.8, 4) is 0 Å². The van der Waals surface area contributed by atoms with Gasteiger partial charge in [0.25, 0.3) is 5.91 Å². The molecule has 1 aromatic rings. The summed E-state index contributed by atoms with van der Waals surface area (Å²) in [6.45, 7) is 0.547. The minimum atomic E-state index is -0.832. The normalized spacial score (nSPS) is 19.3. The minimum Gasteiger partial charge on any atom is -0.453 e. The number of nitrogens with zero attached hydrogens (tertiary/aromatic N) is 1. The van der Waals surface area contributed by atoms with Gasteiger partial charge in [0.15, 0.2) is 8.46 Å². The first-order valence-electron chi connectivity index (χ1n) is 6.69. The summed E-state index contributed by atoms with van der Waals surface area (Å²) in [6, 6.07) is 8.11. The van der Waals surface area contributed by atoms with E-state index in [0.717, 1.165) is 6.42 Å². The number of carbonyl (C=O) groups is 2. The van der Waals surface area contributed by atoms with Gasteiger partial charge in [-0.3, -0.25) is 9.36 Å². The summed E-state index contributed by atoms with van der Waals surface area (Å²) in [6.07, 6.45) is 0.842. The fraction of sp³-hybridized carbons (Fsp3) is 0.429. The van der Waals surface area contributed by atoms with Crippen molar-refractivity contribution in [2.75, 3.05) is 13.7 Å². The predicted octanol–water partition coefficient (Wildman–Crippen LogP) is 2.32. The molecule has 2 rings (SSSR count). The number of amides is 2. The highest BCUT2D eigenvalue weighted by Crippen LogP contribution is 2.29. The van der Waals surface area contributed by atoms with Gasteiger partial charge in [0.2, 0.25) is 0 Å². The second kappa shape index (κ2) is 7.18. The Hall–Kier alpha value is -1.94. The number of nitrogens with one attached hydrogen (secondary N) is 1. The lowest BCUT2D eigenvalue weighted by atomic mass is 10.1. The Bertz CT molecular complexity index is 523. The van der Waals surface area contributed by atoms with Gasteiger partial charge in [-0.15, -0.1) is 0 Å². The van der Waals surface area contributed by atoms with Crippen LogP contribution in [-0.2, 0) is 14.1 Å². The minimum absolute atomic E-state index is 0.0703. The topological polar surface area (TPSA) is 75.7 Å². The van der Waals surface area contributed by atoms with Gasteiger partial charge in [0, 0.05) is 6.54 Å². The molecule has 1 heterocycles. The summed E-state index contributed by atoms with van der Waals surface area (Å²) in [5.41, 5.74) is 0.668. The molecule has 0 radical (unpaired) electrons. The molecule has 0 aliphatic carbocycles. The molecule has 0 bridgehead atoms. The van der Waals surface area contributed by atoms with E-state index >= 15 is 0 Å². The molecule has 0 spiro atoms. The van der Waals surface area contributed by atoms with Crippen molar-refractivity contribution in [3.05, 3.63) is 35.9 Å². The number of alkyl carbamates (subject to hydrolysis) is 1. The lowest BCUT2D eigenvalue weighted by Gasteiger charge is -2.26. The van der Waals surface area contributed by atoms with E-state index in [1.807, 2.05) is 6.07 Å². The van der Waals surface area contributed by atoms with Gasteiger partial charge >= 0.3 is 6.09 Å². The smallest absolute Gasteiger partial charge is 0.407 e. The molecular weight excluding hydrogens is 291 g/mol. The molecule has 21 heavy (non-hydrogen) atoms. The van der Waals surface area contributed by atoms with Gasteiger partial charge < -0.3 is 15.0 Å². The van der Waals surface area contributed by atoms with E-state index in [1.165, 1.54) is 7.11 Å². The average Bonchev–Trinajstić information content (AvgIpc) is 3.01. The molecule has 1 saturated heterocycles. The highest BCUT2D eigenvalue weighted by atomic mass is 31.1. The summed E-state index contributed by atoms with van der Waals surface area (Å²) in [7, 11) is 1.18. The molecule has 0 saturated carbocycles. The van der Waals surface area contributed by atoms with Gasteiger partial charge in [0.1, 0.15) is 11.8 Å². The van der Waals surface area contributed by atoms with Crippen LogP contribution in [0.4, 0.5) is 4.79 Å². The summed E-state index contributed by atoms with van der Waals surface area (Å²) >= 11 is 0. The molecule has 2 unspecified atom stereocenters. The summed E-state index contributed by atoms with van der Waals surface area (Å²) in [5, 5.41) is 2.55. The van der Waals surface area contributed by atoms with Crippen LogP contribution in [0.5, 0.6) is 0 Å². The number of rotatable bonds is 4. The Morgan fingerprint density at radius 2 is 2.10 bits per heavy atom. The largest absolute Gasteiger partial charge is 0.453 e. The van der Waals surface area contributed by atoms with Gasteiger partial charge in [-0.1, -0.05) is 30.3 Å². The number of carbonyl (C=O) groups excluding carboxylic acids is 2. The Balaban J connectivity index is 2.24. The zero-order chi connectivity index (χ0) is 15.2. The number of likely N-dealkylation sites (tertiary alicyclic amines) is 1. The fourth-order valence-electron chi connectivity index (χ4n) is 2.39. The van der Waals surface area contributed by atoms with E-state index < -0.39 is 12.1 Å². The van der Waals surface area contributed by atoms with Gasteiger partial charge in [0.05, 0.1) is 7.11 Å². The number of hydrogen-bond donors (Lipinski definition) is 1. The van der Waals surface area contributed by atoms with E-state index in [0.29, 0.717) is 18.5 Å². The van der Waals surface area contributed by atoms with Crippen molar-refractivity contribution >= 4 is 20.5 Å². The van der Waals surface area contributed by atoms with Crippen LogP contribution < -0.4 is 5.32 Å². The van der Waals surface area contributed by atoms with Crippen LogP contribution in [0.3, 0.4) is 0 Å². The second-order valence-corrected chi connectivity index (χ2v) is 5.55. The number of methoxy groups -OCH3 is 1. The number of ether oxygens (including phenoxy) is 1. The second-order valence-electron chi connectivity index (χ2n) is 4.74. The van der Waals surface area contributed by atoms with Gasteiger partial charge in [-0.05, 0) is 18.4 Å². The number of hydrogen-bond acceptors (Lipinski definition) is 4. The maximum atomic E-state index is 12.7. The SMILES string of the molecule is COC(=O)NC(C(=O)N1CCCC1P=O)c1ccccc1. The van der Waals surface area contributed by atoms with Gasteiger partial charge in [-0.25, -0.2) is 4.79 Å². The van der Waals surface area contributed by atoms with E-state index in [1.54, 1.807) is 29.2 Å². The lowest BCUT2D eigenvalue weighted by molar-refractivity contribution is -0.133. The van der Waals surface area contributed by atoms with Crippen LogP contribution in [0.15, 0.2) is 30.3 Å². The molecule has 6 nitrogen and oxygen atoms in total. The van der Waals surface area contributed by atoms with Crippen molar-refractivity contribution in [2.24, 2.45) is 0 Å². The summed E-state index contributed by atoms with van der Waals surface area (Å²) < 4.78 is 15.7. The third kappa shape index (κ3) is 3.58. The van der Waals surface area contributed by atoms with Crippen LogP contribution in [0.1, 0.15) is 24.4 Å². The predicted molar refractivity (Wildman–Crippen MR) is 77.1 cm³/mol. The quantitative estimate of drug-likeness (QED) is 0.866. The number of benzene rings is 1. The van der Waals surface area contributed by atoms with Crippen molar-refractivity contribution in [1.29, 1.82) is 0 Å². The first kappa shape index (κ1) is 15.4. The summed E-state index contributed by atoms with van der Waals surface area (Å²) in [5.74, 6) is -0.583. The van der Waals surface area contributed by atoms with Crippen LogP contribution in [0, 0.1) is 0 Å². The average molecular weight is 308 g/mol. The third-order valence-electron chi connectivity index (χ3n) is 3.45. The van der Waals surface area contributed by atoms with Crippen molar-refractivity contribution in [3.63, 3.8) is 0 Å². The monoisotopic (exact) mass is 308 g/mol. The Kier molecular flexibility index (Phi) is 5.28. The highest BCUT2D eigenvalue weighted by Gasteiger charge is 2.35. The van der Waals surface area contributed by atoms with Crippen LogP contribution in [-0.4, -0.2) is 36.3 Å². The molecule has 2 amide bonds.